The Morgan fingerprint density at radius 1 is 1.32 bits per heavy atom. The van der Waals surface area contributed by atoms with E-state index >= 15 is 0 Å². The van der Waals surface area contributed by atoms with Crippen molar-refractivity contribution >= 4 is 17.7 Å². The topological polar surface area (TPSA) is 69.6 Å². The smallest absolute Gasteiger partial charge is 0.322 e. The number of rotatable bonds is 6. The van der Waals surface area contributed by atoms with E-state index in [0.29, 0.717) is 18.7 Å². The van der Waals surface area contributed by atoms with Crippen molar-refractivity contribution < 1.29 is 14.7 Å². The summed E-state index contributed by atoms with van der Waals surface area (Å²) >= 11 is 0. The summed E-state index contributed by atoms with van der Waals surface area (Å²) in [7, 11) is 0. The number of benzene rings is 1. The number of urea groups is 1. The summed E-state index contributed by atoms with van der Waals surface area (Å²) in [4.78, 5) is 24.0. The quantitative estimate of drug-likeness (QED) is 0.765. The number of nitrogens with zero attached hydrogens (tertiary/aromatic N) is 1. The number of carboxylic acid groups (broad SMARTS) is 1. The summed E-state index contributed by atoms with van der Waals surface area (Å²) < 4.78 is 0. The molecule has 0 saturated heterocycles. The maximum atomic E-state index is 12.0. The first-order valence-corrected chi connectivity index (χ1v) is 5.91. The monoisotopic (exact) mass is 260 g/mol. The molecule has 2 amide bonds. The van der Waals surface area contributed by atoms with Crippen LogP contribution in [0.1, 0.15) is 12.8 Å². The molecule has 0 aliphatic rings. The molecule has 0 radical (unpaired) electrons. The highest BCUT2D eigenvalue weighted by Crippen LogP contribution is 2.14. The van der Waals surface area contributed by atoms with Crippen molar-refractivity contribution in [3.8, 4) is 12.3 Å². The fraction of sp³-hybridized carbons (Fsp3) is 0.286. The second kappa shape index (κ2) is 7.77. The number of hydrogen-bond acceptors (Lipinski definition) is 2. The first-order chi connectivity index (χ1) is 9.15. The molecule has 100 valence electrons. The van der Waals surface area contributed by atoms with Crippen LogP contribution in [0.4, 0.5) is 10.5 Å². The fourth-order valence-electron chi connectivity index (χ4n) is 1.57. The van der Waals surface area contributed by atoms with E-state index in [-0.39, 0.29) is 19.0 Å². The Bertz CT molecular complexity index is 465. The van der Waals surface area contributed by atoms with Crippen LogP contribution in [0.2, 0.25) is 0 Å². The van der Waals surface area contributed by atoms with Crippen molar-refractivity contribution in [2.75, 3.05) is 18.0 Å². The van der Waals surface area contributed by atoms with Gasteiger partial charge in [-0.25, -0.2) is 4.79 Å². The molecule has 0 aliphatic carbocycles. The average molecular weight is 260 g/mol. The molecule has 2 N–H and O–H groups in total. The van der Waals surface area contributed by atoms with Gasteiger partial charge in [0, 0.05) is 18.7 Å². The van der Waals surface area contributed by atoms with E-state index in [2.05, 4.69) is 11.2 Å². The summed E-state index contributed by atoms with van der Waals surface area (Å²) in [5.74, 6) is 1.45. The highest BCUT2D eigenvalue weighted by Gasteiger charge is 2.14. The van der Waals surface area contributed by atoms with E-state index in [1.165, 1.54) is 4.90 Å². The lowest BCUT2D eigenvalue weighted by atomic mass is 10.2. The van der Waals surface area contributed by atoms with Crippen molar-refractivity contribution in [1.29, 1.82) is 0 Å². The summed E-state index contributed by atoms with van der Waals surface area (Å²) in [6.07, 6.45) is 5.50. The van der Waals surface area contributed by atoms with Crippen LogP contribution in [0.25, 0.3) is 0 Å². The number of aliphatic carboxylic acids is 1. The molecule has 5 heteroatoms. The number of para-hydroxylation sites is 1. The number of carbonyl (C=O) groups excluding carboxylic acids is 1. The Balaban J connectivity index is 2.71. The minimum atomic E-state index is -0.878. The molecule has 1 rings (SSSR count). The number of amides is 2. The molecular weight excluding hydrogens is 244 g/mol. The molecule has 0 aromatic heterocycles. The van der Waals surface area contributed by atoms with E-state index in [0.717, 1.165) is 0 Å². The Morgan fingerprint density at radius 3 is 2.58 bits per heavy atom. The zero-order valence-corrected chi connectivity index (χ0v) is 10.5. The number of terminal acetylenes is 1. The third-order valence-corrected chi connectivity index (χ3v) is 2.43. The number of nitrogens with one attached hydrogen (secondary N) is 1. The van der Waals surface area contributed by atoms with E-state index in [9.17, 15) is 9.59 Å². The lowest BCUT2D eigenvalue weighted by Crippen LogP contribution is -2.41. The van der Waals surface area contributed by atoms with Gasteiger partial charge in [0.15, 0.2) is 0 Å². The highest BCUT2D eigenvalue weighted by molar-refractivity contribution is 5.92. The minimum absolute atomic E-state index is 0.0196. The van der Waals surface area contributed by atoms with E-state index < -0.39 is 5.97 Å². The zero-order chi connectivity index (χ0) is 14.1. The molecule has 0 heterocycles. The normalized spacial score (nSPS) is 9.42. The second-order valence-corrected chi connectivity index (χ2v) is 3.85. The third kappa shape index (κ3) is 5.13. The summed E-state index contributed by atoms with van der Waals surface area (Å²) in [5, 5.41) is 11.2. The minimum Gasteiger partial charge on any atom is -0.481 e. The van der Waals surface area contributed by atoms with Crippen LogP contribution < -0.4 is 10.2 Å². The number of anilines is 1. The van der Waals surface area contributed by atoms with Crippen LogP contribution in [0.5, 0.6) is 0 Å². The zero-order valence-electron chi connectivity index (χ0n) is 10.5. The van der Waals surface area contributed by atoms with Gasteiger partial charge in [0.25, 0.3) is 0 Å². The maximum Gasteiger partial charge on any atom is 0.322 e. The predicted molar refractivity (Wildman–Crippen MR) is 72.9 cm³/mol. The van der Waals surface area contributed by atoms with Crippen molar-refractivity contribution in [1.82, 2.24) is 5.32 Å². The summed E-state index contributed by atoms with van der Waals surface area (Å²) in [5.41, 5.74) is 0.711. The molecule has 0 bridgehead atoms. The van der Waals surface area contributed by atoms with Crippen LogP contribution in [0.3, 0.4) is 0 Å². The van der Waals surface area contributed by atoms with E-state index in [4.69, 9.17) is 11.5 Å². The van der Waals surface area contributed by atoms with Crippen molar-refractivity contribution in [3.05, 3.63) is 30.3 Å². The number of hydrogen-bond donors (Lipinski definition) is 2. The SMILES string of the molecule is C#CCNC(=O)N(CCCC(=O)O)c1ccccc1. The van der Waals surface area contributed by atoms with Gasteiger partial charge in [-0.15, -0.1) is 6.42 Å². The first-order valence-electron chi connectivity index (χ1n) is 5.91. The molecule has 0 aliphatic heterocycles. The van der Waals surface area contributed by atoms with Crippen LogP contribution >= 0.6 is 0 Å². The maximum absolute atomic E-state index is 12.0. The lowest BCUT2D eigenvalue weighted by molar-refractivity contribution is -0.137. The van der Waals surface area contributed by atoms with Crippen LogP contribution in [0.15, 0.2) is 30.3 Å². The number of carboxylic acids is 1. The Kier molecular flexibility index (Phi) is 5.96. The van der Waals surface area contributed by atoms with Gasteiger partial charge in [0.2, 0.25) is 0 Å². The van der Waals surface area contributed by atoms with Crippen molar-refractivity contribution in [3.63, 3.8) is 0 Å². The Labute approximate surface area is 112 Å². The molecule has 5 nitrogen and oxygen atoms in total. The van der Waals surface area contributed by atoms with Crippen molar-refractivity contribution in [2.45, 2.75) is 12.8 Å². The molecule has 0 spiro atoms. The standard InChI is InChI=1S/C14H16N2O3/c1-2-10-15-14(19)16(11-6-9-13(17)18)12-7-4-3-5-8-12/h1,3-5,7-8H,6,9-11H2,(H,15,19)(H,17,18). The molecule has 1 aromatic carbocycles. The largest absolute Gasteiger partial charge is 0.481 e. The van der Waals surface area contributed by atoms with Gasteiger partial charge in [-0.05, 0) is 18.6 Å². The molecule has 0 fully saturated rings. The summed E-state index contributed by atoms with van der Waals surface area (Å²) in [6.45, 7) is 0.466. The Hall–Kier alpha value is -2.48. The lowest BCUT2D eigenvalue weighted by Gasteiger charge is -2.22. The van der Waals surface area contributed by atoms with E-state index in [1.54, 1.807) is 12.1 Å². The molecule has 19 heavy (non-hydrogen) atoms. The van der Waals surface area contributed by atoms with Gasteiger partial charge in [0.05, 0.1) is 6.54 Å². The van der Waals surface area contributed by atoms with Gasteiger partial charge in [0.1, 0.15) is 0 Å². The molecule has 0 saturated carbocycles. The molecule has 0 unspecified atom stereocenters. The second-order valence-electron chi connectivity index (χ2n) is 3.85. The van der Waals surface area contributed by atoms with Crippen molar-refractivity contribution in [2.24, 2.45) is 0 Å². The number of carbonyl (C=O) groups is 2. The molecule has 1 aromatic rings. The highest BCUT2D eigenvalue weighted by atomic mass is 16.4. The Morgan fingerprint density at radius 2 is 2.00 bits per heavy atom. The van der Waals surface area contributed by atoms with Gasteiger partial charge >= 0.3 is 12.0 Å². The summed E-state index contributed by atoms with van der Waals surface area (Å²) in [6, 6.07) is 8.72. The van der Waals surface area contributed by atoms with Gasteiger partial charge in [-0.1, -0.05) is 24.1 Å². The molecule has 0 atom stereocenters. The van der Waals surface area contributed by atoms with Crippen LogP contribution in [0, 0.1) is 12.3 Å². The van der Waals surface area contributed by atoms with Gasteiger partial charge in [-0.2, -0.15) is 0 Å². The average Bonchev–Trinajstić information content (AvgIpc) is 2.41. The van der Waals surface area contributed by atoms with Gasteiger partial charge < -0.3 is 10.4 Å². The van der Waals surface area contributed by atoms with E-state index in [1.807, 2.05) is 18.2 Å². The first kappa shape index (κ1) is 14.6. The molecular formula is C14H16N2O3. The van der Waals surface area contributed by atoms with Gasteiger partial charge in [-0.3, -0.25) is 9.69 Å². The fourth-order valence-corrected chi connectivity index (χ4v) is 1.57. The predicted octanol–water partition coefficient (Wildman–Crippen LogP) is 1.70. The van der Waals surface area contributed by atoms with Crippen LogP contribution in [-0.2, 0) is 4.79 Å². The third-order valence-electron chi connectivity index (χ3n) is 2.43. The van der Waals surface area contributed by atoms with Crippen LogP contribution in [-0.4, -0.2) is 30.2 Å².